The first kappa shape index (κ1) is 17.6. The molecule has 0 atom stereocenters. The number of nitrogens with two attached hydrogens (primary N) is 1. The SMILES string of the molecule is COc1cccc(-c2cc(C3(C(=O)N4CCC(C(N)=O)CC4)CC3)no2)c1. The molecule has 2 N–H and O–H groups in total. The second kappa shape index (κ2) is 6.72. The molecule has 1 aliphatic carbocycles. The average molecular weight is 369 g/mol. The molecule has 2 aromatic rings. The summed E-state index contributed by atoms with van der Waals surface area (Å²) >= 11 is 0. The molecule has 7 nitrogen and oxygen atoms in total. The molecule has 1 aromatic carbocycles. The number of piperidine rings is 1. The van der Waals surface area contributed by atoms with Gasteiger partial charge in [-0.2, -0.15) is 0 Å². The van der Waals surface area contributed by atoms with E-state index >= 15 is 0 Å². The normalized spacial score (nSPS) is 18.9. The Hall–Kier alpha value is -2.83. The number of hydrogen-bond donors (Lipinski definition) is 1. The minimum Gasteiger partial charge on any atom is -0.497 e. The number of ether oxygens (including phenoxy) is 1. The highest BCUT2D eigenvalue weighted by molar-refractivity contribution is 5.91. The van der Waals surface area contributed by atoms with Gasteiger partial charge in [-0.3, -0.25) is 9.59 Å². The predicted octanol–water partition coefficient (Wildman–Crippen LogP) is 2.11. The minimum atomic E-state index is -0.583. The Bertz CT molecular complexity index is 864. The predicted molar refractivity (Wildman–Crippen MR) is 97.9 cm³/mol. The molecule has 0 bridgehead atoms. The second-order valence-electron chi connectivity index (χ2n) is 7.36. The number of primary amides is 1. The van der Waals surface area contributed by atoms with Gasteiger partial charge in [0.1, 0.15) is 5.75 Å². The zero-order valence-corrected chi connectivity index (χ0v) is 15.3. The first-order valence-corrected chi connectivity index (χ1v) is 9.24. The molecule has 2 heterocycles. The highest BCUT2D eigenvalue weighted by atomic mass is 16.5. The summed E-state index contributed by atoms with van der Waals surface area (Å²) in [6.45, 7) is 1.13. The lowest BCUT2D eigenvalue weighted by Crippen LogP contribution is -2.46. The monoisotopic (exact) mass is 369 g/mol. The summed E-state index contributed by atoms with van der Waals surface area (Å²) in [6, 6.07) is 9.40. The first-order valence-electron chi connectivity index (χ1n) is 9.24. The van der Waals surface area contributed by atoms with Gasteiger partial charge in [-0.25, -0.2) is 0 Å². The highest BCUT2D eigenvalue weighted by Gasteiger charge is 2.55. The molecule has 0 unspecified atom stereocenters. The molecule has 1 saturated heterocycles. The van der Waals surface area contributed by atoms with Crippen molar-refractivity contribution < 1.29 is 18.8 Å². The summed E-state index contributed by atoms with van der Waals surface area (Å²) in [5, 5.41) is 4.20. The zero-order valence-electron chi connectivity index (χ0n) is 15.3. The van der Waals surface area contributed by atoms with Crippen molar-refractivity contribution in [2.45, 2.75) is 31.1 Å². The molecular weight excluding hydrogens is 346 g/mol. The summed E-state index contributed by atoms with van der Waals surface area (Å²) < 4.78 is 10.8. The number of carbonyl (C=O) groups excluding carboxylic acids is 2. The van der Waals surface area contributed by atoms with Gasteiger partial charge < -0.3 is 19.9 Å². The summed E-state index contributed by atoms with van der Waals surface area (Å²) in [6.07, 6.45) is 2.80. The van der Waals surface area contributed by atoms with Crippen LogP contribution in [0.1, 0.15) is 31.4 Å². The minimum absolute atomic E-state index is 0.0795. The third-order valence-corrected chi connectivity index (χ3v) is 5.70. The van der Waals surface area contributed by atoms with Crippen molar-refractivity contribution in [2.75, 3.05) is 20.2 Å². The van der Waals surface area contributed by atoms with Crippen molar-refractivity contribution in [3.63, 3.8) is 0 Å². The number of carbonyl (C=O) groups is 2. The van der Waals surface area contributed by atoms with E-state index in [1.807, 2.05) is 35.2 Å². The lowest BCUT2D eigenvalue weighted by Gasteiger charge is -2.32. The maximum Gasteiger partial charge on any atom is 0.234 e. The van der Waals surface area contributed by atoms with E-state index in [9.17, 15) is 9.59 Å². The molecule has 142 valence electrons. The van der Waals surface area contributed by atoms with Gasteiger partial charge in [0.05, 0.1) is 18.2 Å². The van der Waals surface area contributed by atoms with Gasteiger partial charge in [-0.05, 0) is 37.8 Å². The molecule has 1 aliphatic heterocycles. The maximum atomic E-state index is 13.1. The fourth-order valence-electron chi connectivity index (χ4n) is 3.79. The molecule has 2 aliphatic rings. The van der Waals surface area contributed by atoms with E-state index in [0.717, 1.165) is 24.2 Å². The summed E-state index contributed by atoms with van der Waals surface area (Å²) in [5.74, 6) is 1.03. The van der Waals surface area contributed by atoms with Crippen LogP contribution in [0.2, 0.25) is 0 Å². The largest absolute Gasteiger partial charge is 0.497 e. The fourth-order valence-corrected chi connectivity index (χ4v) is 3.79. The van der Waals surface area contributed by atoms with E-state index in [2.05, 4.69) is 5.16 Å². The van der Waals surface area contributed by atoms with Gasteiger partial charge in [0.2, 0.25) is 11.8 Å². The number of hydrogen-bond acceptors (Lipinski definition) is 5. The smallest absolute Gasteiger partial charge is 0.234 e. The van der Waals surface area contributed by atoms with Crippen LogP contribution < -0.4 is 10.5 Å². The van der Waals surface area contributed by atoms with E-state index in [0.29, 0.717) is 37.4 Å². The molecule has 4 rings (SSSR count). The van der Waals surface area contributed by atoms with Crippen LogP contribution in [-0.2, 0) is 15.0 Å². The maximum absolute atomic E-state index is 13.1. The topological polar surface area (TPSA) is 98.7 Å². The van der Waals surface area contributed by atoms with Gasteiger partial charge in [0.25, 0.3) is 0 Å². The molecule has 0 spiro atoms. The van der Waals surface area contributed by atoms with Crippen LogP contribution >= 0.6 is 0 Å². The third kappa shape index (κ3) is 3.18. The average Bonchev–Trinajstić information content (AvgIpc) is 3.36. The standard InChI is InChI=1S/C20H23N3O4/c1-26-15-4-2-3-14(11-15)16-12-17(22-27-16)20(7-8-20)19(25)23-9-5-13(6-10-23)18(21)24/h2-4,11-13H,5-10H2,1H3,(H2,21,24). The van der Waals surface area contributed by atoms with E-state index in [1.165, 1.54) is 0 Å². The van der Waals surface area contributed by atoms with Gasteiger partial charge in [-0.1, -0.05) is 17.3 Å². The van der Waals surface area contributed by atoms with Crippen LogP contribution in [0.15, 0.2) is 34.9 Å². The van der Waals surface area contributed by atoms with Crippen molar-refractivity contribution >= 4 is 11.8 Å². The lowest BCUT2D eigenvalue weighted by molar-refractivity contribution is -0.137. The quantitative estimate of drug-likeness (QED) is 0.870. The molecule has 7 heteroatoms. The Labute approximate surface area is 157 Å². The van der Waals surface area contributed by atoms with E-state index in [1.54, 1.807) is 7.11 Å². The number of nitrogens with zero attached hydrogens (tertiary/aromatic N) is 2. The van der Waals surface area contributed by atoms with Crippen molar-refractivity contribution in [1.82, 2.24) is 10.1 Å². The molecule has 2 amide bonds. The fraction of sp³-hybridized carbons (Fsp3) is 0.450. The third-order valence-electron chi connectivity index (χ3n) is 5.70. The van der Waals surface area contributed by atoms with Crippen LogP contribution in [0.4, 0.5) is 0 Å². The Kier molecular flexibility index (Phi) is 4.37. The van der Waals surface area contributed by atoms with Crippen LogP contribution in [0.5, 0.6) is 5.75 Å². The van der Waals surface area contributed by atoms with Crippen LogP contribution in [0.3, 0.4) is 0 Å². The van der Waals surface area contributed by atoms with Crippen LogP contribution in [0.25, 0.3) is 11.3 Å². The van der Waals surface area contributed by atoms with Crippen LogP contribution in [-0.4, -0.2) is 42.1 Å². The van der Waals surface area contributed by atoms with E-state index < -0.39 is 5.41 Å². The number of methoxy groups -OCH3 is 1. The van der Waals surface area contributed by atoms with E-state index in [-0.39, 0.29) is 17.7 Å². The van der Waals surface area contributed by atoms with Crippen molar-refractivity contribution in [1.29, 1.82) is 0 Å². The highest BCUT2D eigenvalue weighted by Crippen LogP contribution is 2.50. The molecule has 27 heavy (non-hydrogen) atoms. The van der Waals surface area contributed by atoms with Crippen molar-refractivity contribution in [2.24, 2.45) is 11.7 Å². The summed E-state index contributed by atoms with van der Waals surface area (Å²) in [7, 11) is 1.62. The van der Waals surface area contributed by atoms with Crippen molar-refractivity contribution in [3.05, 3.63) is 36.0 Å². The van der Waals surface area contributed by atoms with Crippen molar-refractivity contribution in [3.8, 4) is 17.1 Å². The molecule has 1 saturated carbocycles. The molecular formula is C20H23N3O4. The van der Waals surface area contributed by atoms with E-state index in [4.69, 9.17) is 15.0 Å². The molecule has 0 radical (unpaired) electrons. The summed E-state index contributed by atoms with van der Waals surface area (Å²) in [5.41, 5.74) is 6.34. The lowest BCUT2D eigenvalue weighted by atomic mass is 9.93. The Morgan fingerprint density at radius 1 is 1.26 bits per heavy atom. The first-order chi connectivity index (χ1) is 13.0. The Balaban J connectivity index is 1.51. The molecule has 1 aromatic heterocycles. The number of amides is 2. The van der Waals surface area contributed by atoms with Gasteiger partial charge in [0.15, 0.2) is 5.76 Å². The number of likely N-dealkylation sites (tertiary alicyclic amines) is 1. The van der Waals surface area contributed by atoms with Gasteiger partial charge in [0, 0.05) is 30.6 Å². The van der Waals surface area contributed by atoms with Gasteiger partial charge in [-0.15, -0.1) is 0 Å². The Morgan fingerprint density at radius 3 is 2.63 bits per heavy atom. The number of benzene rings is 1. The second-order valence-corrected chi connectivity index (χ2v) is 7.36. The number of rotatable bonds is 5. The Morgan fingerprint density at radius 2 is 2.00 bits per heavy atom. The summed E-state index contributed by atoms with van der Waals surface area (Å²) in [4.78, 5) is 26.3. The van der Waals surface area contributed by atoms with Crippen LogP contribution in [0, 0.1) is 5.92 Å². The van der Waals surface area contributed by atoms with Gasteiger partial charge >= 0.3 is 0 Å². The zero-order chi connectivity index (χ0) is 19.0. The molecule has 2 fully saturated rings. The number of aromatic nitrogens is 1.